The topological polar surface area (TPSA) is 40.5 Å². The van der Waals surface area contributed by atoms with Gasteiger partial charge >= 0.3 is 0 Å². The van der Waals surface area contributed by atoms with E-state index in [9.17, 15) is 10.2 Å². The van der Waals surface area contributed by atoms with E-state index < -0.39 is 0 Å². The molecule has 2 aromatic rings. The molecule has 1 atom stereocenters. The van der Waals surface area contributed by atoms with Gasteiger partial charge in [0.15, 0.2) is 0 Å². The number of hydrogen-bond donors (Lipinski definition) is 2. The summed E-state index contributed by atoms with van der Waals surface area (Å²) >= 11 is 0. The largest absolute Gasteiger partial charge is 0.508 e. The molecule has 18 heavy (non-hydrogen) atoms. The number of phenols is 2. The molecule has 0 saturated carbocycles. The molecule has 2 nitrogen and oxygen atoms in total. The second-order valence-corrected chi connectivity index (χ2v) is 4.60. The lowest BCUT2D eigenvalue weighted by Crippen LogP contribution is -1.99. The van der Waals surface area contributed by atoms with Gasteiger partial charge in [-0.15, -0.1) is 0 Å². The Morgan fingerprint density at radius 3 is 2.11 bits per heavy atom. The van der Waals surface area contributed by atoms with Crippen LogP contribution in [0.5, 0.6) is 11.5 Å². The Kier molecular flexibility index (Phi) is 3.56. The highest BCUT2D eigenvalue weighted by atomic mass is 16.3. The SMILES string of the molecule is CCC(c1ccc(O)cc1)c1ccc(O)c(C)c1. The molecule has 0 saturated heterocycles. The molecular weight excluding hydrogens is 224 g/mol. The lowest BCUT2D eigenvalue weighted by Gasteiger charge is -2.17. The molecule has 0 aliphatic heterocycles. The van der Waals surface area contributed by atoms with Crippen LogP contribution in [0.4, 0.5) is 0 Å². The van der Waals surface area contributed by atoms with Crippen LogP contribution in [-0.4, -0.2) is 10.2 Å². The fraction of sp³-hybridized carbons (Fsp3) is 0.250. The highest BCUT2D eigenvalue weighted by Crippen LogP contribution is 2.31. The van der Waals surface area contributed by atoms with Crippen LogP contribution in [0, 0.1) is 6.92 Å². The highest BCUT2D eigenvalue weighted by molar-refractivity contribution is 5.41. The van der Waals surface area contributed by atoms with Gasteiger partial charge in [0.1, 0.15) is 11.5 Å². The average molecular weight is 242 g/mol. The molecule has 2 aromatic carbocycles. The summed E-state index contributed by atoms with van der Waals surface area (Å²) < 4.78 is 0. The quantitative estimate of drug-likeness (QED) is 0.855. The molecule has 0 amide bonds. The molecule has 0 aliphatic rings. The van der Waals surface area contributed by atoms with E-state index in [1.807, 2.05) is 31.2 Å². The van der Waals surface area contributed by atoms with Crippen molar-refractivity contribution in [3.63, 3.8) is 0 Å². The Morgan fingerprint density at radius 1 is 0.944 bits per heavy atom. The van der Waals surface area contributed by atoms with E-state index in [4.69, 9.17) is 0 Å². The summed E-state index contributed by atoms with van der Waals surface area (Å²) in [7, 11) is 0. The molecule has 94 valence electrons. The first-order valence-corrected chi connectivity index (χ1v) is 6.20. The number of aromatic hydroxyl groups is 2. The minimum Gasteiger partial charge on any atom is -0.508 e. The van der Waals surface area contributed by atoms with E-state index in [0.717, 1.165) is 12.0 Å². The van der Waals surface area contributed by atoms with Crippen molar-refractivity contribution in [2.24, 2.45) is 0 Å². The van der Waals surface area contributed by atoms with Crippen molar-refractivity contribution in [3.05, 3.63) is 59.2 Å². The average Bonchev–Trinajstić information content (AvgIpc) is 2.37. The molecule has 0 fully saturated rings. The zero-order valence-corrected chi connectivity index (χ0v) is 10.7. The van der Waals surface area contributed by atoms with Crippen LogP contribution in [0.25, 0.3) is 0 Å². The van der Waals surface area contributed by atoms with Crippen molar-refractivity contribution >= 4 is 0 Å². The van der Waals surface area contributed by atoms with Crippen LogP contribution < -0.4 is 0 Å². The van der Waals surface area contributed by atoms with Crippen LogP contribution in [0.1, 0.15) is 36.0 Å². The van der Waals surface area contributed by atoms with Gasteiger partial charge in [-0.25, -0.2) is 0 Å². The fourth-order valence-corrected chi connectivity index (χ4v) is 2.27. The van der Waals surface area contributed by atoms with E-state index in [0.29, 0.717) is 11.7 Å². The first-order valence-electron chi connectivity index (χ1n) is 6.20. The summed E-state index contributed by atoms with van der Waals surface area (Å²) in [5, 5.41) is 18.9. The van der Waals surface area contributed by atoms with Gasteiger partial charge in [-0.05, 0) is 48.2 Å². The Labute approximate surface area is 108 Å². The Balaban J connectivity index is 2.38. The zero-order valence-electron chi connectivity index (χ0n) is 10.7. The van der Waals surface area contributed by atoms with Gasteiger partial charge < -0.3 is 10.2 Å². The van der Waals surface area contributed by atoms with Crippen LogP contribution in [-0.2, 0) is 0 Å². The normalized spacial score (nSPS) is 12.3. The predicted octanol–water partition coefficient (Wildman–Crippen LogP) is 3.95. The molecular formula is C16H18O2. The third-order valence-electron chi connectivity index (χ3n) is 3.33. The van der Waals surface area contributed by atoms with Gasteiger partial charge in [-0.1, -0.05) is 31.2 Å². The molecule has 0 bridgehead atoms. The Bertz CT molecular complexity index is 529. The number of hydrogen-bond acceptors (Lipinski definition) is 2. The van der Waals surface area contributed by atoms with Gasteiger partial charge in [0.2, 0.25) is 0 Å². The van der Waals surface area contributed by atoms with Crippen LogP contribution in [0.3, 0.4) is 0 Å². The molecule has 0 heterocycles. The first kappa shape index (κ1) is 12.5. The van der Waals surface area contributed by atoms with Crippen molar-refractivity contribution in [2.75, 3.05) is 0 Å². The van der Waals surface area contributed by atoms with Crippen molar-refractivity contribution in [2.45, 2.75) is 26.2 Å². The summed E-state index contributed by atoms with van der Waals surface area (Å²) in [6.45, 7) is 4.04. The van der Waals surface area contributed by atoms with Gasteiger partial charge in [0, 0.05) is 5.92 Å². The highest BCUT2D eigenvalue weighted by Gasteiger charge is 2.13. The maximum atomic E-state index is 9.57. The van der Waals surface area contributed by atoms with E-state index in [-0.39, 0.29) is 5.75 Å². The van der Waals surface area contributed by atoms with Gasteiger partial charge in [0.25, 0.3) is 0 Å². The fourth-order valence-electron chi connectivity index (χ4n) is 2.27. The molecule has 0 aliphatic carbocycles. The van der Waals surface area contributed by atoms with Gasteiger partial charge in [-0.3, -0.25) is 0 Å². The summed E-state index contributed by atoms with van der Waals surface area (Å²) in [6, 6.07) is 13.1. The smallest absolute Gasteiger partial charge is 0.118 e. The first-order chi connectivity index (χ1) is 8.61. The zero-order chi connectivity index (χ0) is 13.1. The van der Waals surface area contributed by atoms with Crippen molar-refractivity contribution < 1.29 is 10.2 Å². The lowest BCUT2D eigenvalue weighted by molar-refractivity contribution is 0.470. The van der Waals surface area contributed by atoms with Gasteiger partial charge in [-0.2, -0.15) is 0 Å². The third-order valence-corrected chi connectivity index (χ3v) is 3.33. The number of rotatable bonds is 3. The monoisotopic (exact) mass is 242 g/mol. The van der Waals surface area contributed by atoms with E-state index >= 15 is 0 Å². The van der Waals surface area contributed by atoms with Crippen LogP contribution in [0.15, 0.2) is 42.5 Å². The minimum absolute atomic E-state index is 0.287. The van der Waals surface area contributed by atoms with Crippen LogP contribution >= 0.6 is 0 Å². The molecule has 0 radical (unpaired) electrons. The van der Waals surface area contributed by atoms with E-state index in [1.165, 1.54) is 11.1 Å². The van der Waals surface area contributed by atoms with Crippen LogP contribution in [0.2, 0.25) is 0 Å². The maximum Gasteiger partial charge on any atom is 0.118 e. The van der Waals surface area contributed by atoms with Crippen molar-refractivity contribution in [1.82, 2.24) is 0 Å². The molecule has 1 unspecified atom stereocenters. The van der Waals surface area contributed by atoms with Crippen molar-refractivity contribution in [3.8, 4) is 11.5 Å². The Hall–Kier alpha value is -1.96. The number of aryl methyl sites for hydroxylation is 1. The molecule has 0 aromatic heterocycles. The standard InChI is InChI=1S/C16H18O2/c1-3-15(12-4-7-14(17)8-5-12)13-6-9-16(18)11(2)10-13/h4-10,15,17-18H,3H2,1-2H3. The summed E-state index contributed by atoms with van der Waals surface area (Å²) in [4.78, 5) is 0. The molecule has 0 spiro atoms. The number of benzene rings is 2. The second-order valence-electron chi connectivity index (χ2n) is 4.60. The van der Waals surface area contributed by atoms with E-state index in [2.05, 4.69) is 6.92 Å². The maximum absolute atomic E-state index is 9.57. The minimum atomic E-state index is 0.287. The number of phenolic OH excluding ortho intramolecular Hbond substituents is 2. The molecule has 2 heteroatoms. The Morgan fingerprint density at radius 2 is 1.56 bits per heavy atom. The van der Waals surface area contributed by atoms with E-state index in [1.54, 1.807) is 18.2 Å². The second kappa shape index (κ2) is 5.13. The molecule has 2 rings (SSSR count). The van der Waals surface area contributed by atoms with Crippen molar-refractivity contribution in [1.29, 1.82) is 0 Å². The third kappa shape index (κ3) is 2.48. The van der Waals surface area contributed by atoms with Gasteiger partial charge in [0.05, 0.1) is 0 Å². The molecule has 2 N–H and O–H groups in total. The summed E-state index contributed by atoms with van der Waals surface area (Å²) in [5.41, 5.74) is 3.27. The predicted molar refractivity (Wildman–Crippen MR) is 73.1 cm³/mol. The summed E-state index contributed by atoms with van der Waals surface area (Å²) in [5.74, 6) is 0.916. The summed E-state index contributed by atoms with van der Waals surface area (Å²) in [6.07, 6.45) is 0.981. The lowest BCUT2D eigenvalue weighted by atomic mass is 9.88.